The predicted molar refractivity (Wildman–Crippen MR) is 228 cm³/mol. The zero-order valence-corrected chi connectivity index (χ0v) is 33.7. The molecule has 3 nitrogen and oxygen atoms in total. The number of rotatable bonds is 6. The molecule has 0 aliphatic carbocycles. The van der Waals surface area contributed by atoms with Crippen LogP contribution in [0.2, 0.25) is 0 Å². The molecule has 0 atom stereocenters. The van der Waals surface area contributed by atoms with E-state index in [0.717, 1.165) is 66.0 Å². The van der Waals surface area contributed by atoms with E-state index in [9.17, 15) is 0 Å². The van der Waals surface area contributed by atoms with E-state index in [0.29, 0.717) is 11.3 Å². The van der Waals surface area contributed by atoms with Crippen LogP contribution in [-0.2, 0) is 20.1 Å². The number of aromatic nitrogens is 3. The van der Waals surface area contributed by atoms with Gasteiger partial charge in [-0.15, -0.1) is 46.8 Å². The fraction of sp³-hybridized carbons (Fsp3) is 0.120. The summed E-state index contributed by atoms with van der Waals surface area (Å²) < 4.78 is 55.8. The molecule has 0 amide bonds. The third-order valence-electron chi connectivity index (χ3n) is 9.37. The number of hydrogen-bond acceptors (Lipinski definition) is 3. The predicted octanol–water partition coefficient (Wildman–Crippen LogP) is 13.6. The summed E-state index contributed by atoms with van der Waals surface area (Å²) in [6.45, 7) is 1.70. The second kappa shape index (κ2) is 16.5. The van der Waals surface area contributed by atoms with Crippen molar-refractivity contribution in [3.8, 4) is 50.6 Å². The molecule has 55 heavy (non-hydrogen) atoms. The van der Waals surface area contributed by atoms with E-state index in [1.54, 1.807) is 23.5 Å². The van der Waals surface area contributed by atoms with Crippen LogP contribution in [0.3, 0.4) is 0 Å². The van der Waals surface area contributed by atoms with Gasteiger partial charge in [-0.25, -0.2) is 0 Å². The summed E-state index contributed by atoms with van der Waals surface area (Å²) in [6.07, 6.45) is 1.30. The molecule has 0 bridgehead atoms. The molecular formula is C50H41IrN3S-2. The molecule has 6 aromatic carbocycles. The van der Waals surface area contributed by atoms with E-state index in [2.05, 4.69) is 137 Å². The normalized spacial score (nSPS) is 13.5. The van der Waals surface area contributed by atoms with Crippen molar-refractivity contribution in [2.45, 2.75) is 40.4 Å². The van der Waals surface area contributed by atoms with Crippen LogP contribution >= 0.6 is 11.3 Å². The number of nitrogens with zero attached hydrogens (tertiary/aromatic N) is 3. The minimum atomic E-state index is -2.18. The van der Waals surface area contributed by atoms with E-state index in [-0.39, 0.29) is 31.2 Å². The summed E-state index contributed by atoms with van der Waals surface area (Å²) in [5.41, 5.74) is 12.4. The van der Waals surface area contributed by atoms with Crippen LogP contribution in [0.1, 0.15) is 51.6 Å². The number of imidazole rings is 1. The van der Waals surface area contributed by atoms with Crippen molar-refractivity contribution in [1.29, 1.82) is 0 Å². The molecule has 5 heteroatoms. The van der Waals surface area contributed by atoms with Gasteiger partial charge >= 0.3 is 0 Å². The van der Waals surface area contributed by atoms with Crippen LogP contribution in [-0.4, -0.2) is 14.5 Å². The van der Waals surface area contributed by atoms with E-state index in [1.807, 2.05) is 19.9 Å². The Labute approximate surface area is 351 Å². The number of pyridine rings is 1. The van der Waals surface area contributed by atoms with Gasteiger partial charge in [-0.1, -0.05) is 139 Å². The van der Waals surface area contributed by atoms with Gasteiger partial charge in [-0.05, 0) is 71.9 Å². The monoisotopic (exact) mass is 915 g/mol. The van der Waals surface area contributed by atoms with Crippen molar-refractivity contribution < 1.29 is 29.7 Å². The molecule has 273 valence electrons. The van der Waals surface area contributed by atoms with Crippen molar-refractivity contribution in [2.24, 2.45) is 0 Å². The van der Waals surface area contributed by atoms with Crippen molar-refractivity contribution in [3.05, 3.63) is 185 Å². The fourth-order valence-electron chi connectivity index (χ4n) is 6.71. The van der Waals surface area contributed by atoms with Gasteiger partial charge in [0.2, 0.25) is 0 Å². The average molecular weight is 915 g/mol. The van der Waals surface area contributed by atoms with Crippen LogP contribution in [0.15, 0.2) is 152 Å². The number of hydrogen-bond donors (Lipinski definition) is 0. The summed E-state index contributed by atoms with van der Waals surface area (Å²) in [5.74, 6) is 0.154. The van der Waals surface area contributed by atoms with E-state index in [4.69, 9.17) is 14.6 Å². The van der Waals surface area contributed by atoms with Gasteiger partial charge in [0.05, 0.1) is 22.5 Å². The van der Waals surface area contributed by atoms with Crippen molar-refractivity contribution in [3.63, 3.8) is 0 Å². The Kier molecular flexibility index (Phi) is 8.96. The molecule has 1 radical (unpaired) electrons. The number of fused-ring (bicyclic) bond motifs is 2. The van der Waals surface area contributed by atoms with E-state index < -0.39 is 19.6 Å². The fourth-order valence-corrected chi connectivity index (χ4v) is 7.53. The molecule has 0 fully saturated rings. The first-order chi connectivity index (χ1) is 29.1. The van der Waals surface area contributed by atoms with Gasteiger partial charge in [-0.3, -0.25) is 16.3 Å². The molecule has 9 rings (SSSR count). The van der Waals surface area contributed by atoms with Crippen LogP contribution in [0.4, 0.5) is 0 Å². The summed E-state index contributed by atoms with van der Waals surface area (Å²) >= 11 is 1.61. The molecule has 9 aromatic rings. The molecule has 0 unspecified atom stereocenters. The molecular weight excluding hydrogens is 867 g/mol. The summed E-state index contributed by atoms with van der Waals surface area (Å²) in [5, 5.41) is 4.69. The largest absolute Gasteiger partial charge is 0.332 e. The average Bonchev–Trinajstić information content (AvgIpc) is 3.85. The van der Waals surface area contributed by atoms with Crippen LogP contribution in [0.25, 0.3) is 71.7 Å². The first-order valence-corrected chi connectivity index (χ1v) is 18.6. The Morgan fingerprint density at radius 2 is 1.40 bits per heavy atom. The Morgan fingerprint density at radius 3 is 2.02 bits per heavy atom. The van der Waals surface area contributed by atoms with Crippen molar-refractivity contribution >= 4 is 32.5 Å². The Morgan fingerprint density at radius 1 is 0.727 bits per heavy atom. The minimum absolute atomic E-state index is 0. The molecule has 3 heterocycles. The van der Waals surface area contributed by atoms with Crippen molar-refractivity contribution in [2.75, 3.05) is 0 Å². The minimum Gasteiger partial charge on any atom is -0.332 e. The zero-order chi connectivity index (χ0) is 43.1. The maximum atomic E-state index is 8.68. The topological polar surface area (TPSA) is 30.7 Å². The quantitative estimate of drug-likeness (QED) is 0.156. The summed E-state index contributed by atoms with van der Waals surface area (Å²) in [6, 6.07) is 51.0. The first kappa shape index (κ1) is 29.9. The molecule has 0 spiro atoms. The van der Waals surface area contributed by atoms with Crippen LogP contribution in [0, 0.1) is 32.1 Å². The standard InChI is InChI=1S/C37H29N2S.C13H12N.Ir/c1-24(2)28-18-19-35-31(22-28)32(23-40-35)37-38-33-16-10-11-17-34(33)39(37)36-29(26-12-6-4-7-13-26)20-25(3)21-30(36)27-14-8-5-9-15-27;1-10-3-6-12(7-4-10)13-8-5-11(2)9-14-13;/h4-22,24H,1-3H3;3-6,8-9H,1-2H3;/q2*-1;/i24D;1D3,2D3;. The summed E-state index contributed by atoms with van der Waals surface area (Å²) in [7, 11) is 0. The van der Waals surface area contributed by atoms with Gasteiger partial charge in [0.15, 0.2) is 0 Å². The SMILES string of the molecule is [2H]C(C)(C)c1ccc2s[c-]c(-c3nc4ccccc4n3-c3c(-c4ccccc4)cc(C)cc3-c3ccccc3)c2c1.[2H]C([2H])([2H])c1c[c-]c(-c2ccc(C([2H])([2H])[2H])cn2)cc1.[Ir]. The maximum absolute atomic E-state index is 8.68. The van der Waals surface area contributed by atoms with E-state index in [1.165, 1.54) is 30.0 Å². The second-order valence-electron chi connectivity index (χ2n) is 13.4. The zero-order valence-electron chi connectivity index (χ0n) is 37.5. The Balaban J connectivity index is 0.000000233. The Bertz CT molecular complexity index is 2850. The smallest absolute Gasteiger partial charge is 0.0774 e. The van der Waals surface area contributed by atoms with Gasteiger partial charge in [0.25, 0.3) is 0 Å². The third kappa shape index (κ3) is 7.88. The number of para-hydroxylation sites is 2. The Hall–Kier alpha value is -5.45. The van der Waals surface area contributed by atoms with Crippen molar-refractivity contribution in [1.82, 2.24) is 14.5 Å². The summed E-state index contributed by atoms with van der Waals surface area (Å²) in [4.78, 5) is 9.33. The van der Waals surface area contributed by atoms with Crippen LogP contribution < -0.4 is 0 Å². The van der Waals surface area contributed by atoms with E-state index >= 15 is 0 Å². The molecule has 0 N–H and O–H groups in total. The maximum Gasteiger partial charge on any atom is 0.0774 e. The number of benzene rings is 6. The second-order valence-corrected chi connectivity index (χ2v) is 14.3. The molecule has 0 aliphatic heterocycles. The molecule has 0 saturated heterocycles. The number of thiophene rings is 1. The van der Waals surface area contributed by atoms with Gasteiger partial charge in [0.1, 0.15) is 0 Å². The molecule has 0 aliphatic rings. The van der Waals surface area contributed by atoms with Gasteiger partial charge < -0.3 is 9.55 Å². The third-order valence-corrected chi connectivity index (χ3v) is 10.3. The van der Waals surface area contributed by atoms with Gasteiger partial charge in [0, 0.05) is 47.0 Å². The number of aryl methyl sites for hydroxylation is 3. The first-order valence-electron chi connectivity index (χ1n) is 21.2. The van der Waals surface area contributed by atoms with Gasteiger partial charge in [-0.2, -0.15) is 0 Å². The molecule has 0 saturated carbocycles. The molecule has 3 aromatic heterocycles. The van der Waals surface area contributed by atoms with Crippen LogP contribution in [0.5, 0.6) is 0 Å².